The molecule has 0 bridgehead atoms. The predicted molar refractivity (Wildman–Crippen MR) is 104 cm³/mol. The quantitative estimate of drug-likeness (QED) is 0.433. The van der Waals surface area contributed by atoms with Gasteiger partial charge in [0, 0.05) is 6.54 Å². The van der Waals surface area contributed by atoms with Gasteiger partial charge in [-0.25, -0.2) is 4.79 Å². The van der Waals surface area contributed by atoms with Gasteiger partial charge in [0.05, 0.1) is 6.04 Å². The van der Waals surface area contributed by atoms with E-state index in [4.69, 9.17) is 5.73 Å². The number of aliphatic carboxylic acids is 1. The van der Waals surface area contributed by atoms with Crippen LogP contribution in [0.25, 0.3) is 0 Å². The fourth-order valence-corrected chi connectivity index (χ4v) is 3.16. The average molecular weight is 399 g/mol. The Hall–Kier alpha value is -2.16. The first-order chi connectivity index (χ1) is 13.0. The molecule has 1 aliphatic rings. The van der Waals surface area contributed by atoms with E-state index in [0.29, 0.717) is 19.4 Å². The van der Waals surface area contributed by atoms with Crippen LogP contribution in [0.4, 0.5) is 0 Å². The molecule has 0 aromatic heterocycles. The van der Waals surface area contributed by atoms with E-state index in [1.165, 1.54) is 11.8 Å². The molecule has 1 heterocycles. The summed E-state index contributed by atoms with van der Waals surface area (Å²) in [5.41, 5.74) is 6.03. The Morgan fingerprint density at radius 3 is 2.25 bits per heavy atom. The van der Waals surface area contributed by atoms with Gasteiger partial charge in [-0.15, -0.1) is 0 Å². The Balaban J connectivity index is 2.73. The molecule has 9 nitrogen and oxygen atoms in total. The maximum absolute atomic E-state index is 12.7. The number of amides is 3. The van der Waals surface area contributed by atoms with E-state index in [0.717, 1.165) is 6.42 Å². The number of carbonyl (C=O) groups is 4. The van der Waals surface area contributed by atoms with Crippen LogP contribution in [-0.2, 0) is 19.2 Å². The molecule has 0 spiro atoms. The highest BCUT2D eigenvalue weighted by Crippen LogP contribution is 2.20. The fraction of sp³-hybridized carbons (Fsp3) is 0.789. The number of carboxylic acid groups (broad SMARTS) is 1. The van der Waals surface area contributed by atoms with E-state index in [1.54, 1.807) is 13.8 Å². The topological polar surface area (TPSA) is 142 Å². The molecule has 3 amide bonds. The van der Waals surface area contributed by atoms with Crippen LogP contribution >= 0.6 is 0 Å². The maximum atomic E-state index is 12.7. The lowest BCUT2D eigenvalue weighted by molar-refractivity contribution is -0.144. The third kappa shape index (κ3) is 5.92. The number of hydrogen-bond acceptors (Lipinski definition) is 5. The van der Waals surface area contributed by atoms with Gasteiger partial charge in [-0.3, -0.25) is 14.4 Å². The van der Waals surface area contributed by atoms with E-state index < -0.39 is 42.0 Å². The van der Waals surface area contributed by atoms with Gasteiger partial charge in [-0.05, 0) is 31.6 Å². The number of nitrogens with one attached hydrogen (secondary N) is 2. The molecule has 1 saturated heterocycles. The Kier molecular flexibility index (Phi) is 8.87. The number of nitrogens with two attached hydrogens (primary N) is 1. The summed E-state index contributed by atoms with van der Waals surface area (Å²) in [5.74, 6) is -2.69. The first-order valence-corrected chi connectivity index (χ1v) is 9.90. The Morgan fingerprint density at radius 1 is 1.14 bits per heavy atom. The van der Waals surface area contributed by atoms with Gasteiger partial charge in [0.1, 0.15) is 18.1 Å². The molecule has 1 fully saturated rings. The second-order valence-electron chi connectivity index (χ2n) is 7.90. The number of nitrogens with zero attached hydrogens (tertiary/aromatic N) is 1. The van der Waals surface area contributed by atoms with Crippen LogP contribution < -0.4 is 16.4 Å². The lowest BCUT2D eigenvalue weighted by Crippen LogP contribution is -2.56. The van der Waals surface area contributed by atoms with Crippen LogP contribution in [0.2, 0.25) is 0 Å². The Bertz CT molecular complexity index is 595. The third-order valence-electron chi connectivity index (χ3n) is 5.36. The molecule has 5 atom stereocenters. The monoisotopic (exact) mass is 398 g/mol. The molecule has 0 aromatic carbocycles. The van der Waals surface area contributed by atoms with Crippen molar-refractivity contribution in [3.8, 4) is 0 Å². The smallest absolute Gasteiger partial charge is 0.326 e. The lowest BCUT2D eigenvalue weighted by atomic mass is 9.98. The Labute approximate surface area is 166 Å². The van der Waals surface area contributed by atoms with Crippen molar-refractivity contribution in [3.63, 3.8) is 0 Å². The highest BCUT2D eigenvalue weighted by molar-refractivity contribution is 5.94. The number of carboxylic acids is 1. The number of likely N-dealkylation sites (tertiary alicyclic amines) is 1. The molecular weight excluding hydrogens is 364 g/mol. The van der Waals surface area contributed by atoms with Gasteiger partial charge in [0.15, 0.2) is 0 Å². The van der Waals surface area contributed by atoms with Crippen molar-refractivity contribution in [2.24, 2.45) is 17.6 Å². The highest BCUT2D eigenvalue weighted by atomic mass is 16.4. The van der Waals surface area contributed by atoms with Crippen LogP contribution in [0.5, 0.6) is 0 Å². The molecule has 5 N–H and O–H groups in total. The average Bonchev–Trinajstić information content (AvgIpc) is 3.13. The van der Waals surface area contributed by atoms with Gasteiger partial charge in [0.2, 0.25) is 17.7 Å². The highest BCUT2D eigenvalue weighted by Gasteiger charge is 2.38. The van der Waals surface area contributed by atoms with E-state index in [2.05, 4.69) is 10.6 Å². The van der Waals surface area contributed by atoms with Crippen molar-refractivity contribution in [1.29, 1.82) is 0 Å². The van der Waals surface area contributed by atoms with E-state index in [-0.39, 0.29) is 17.7 Å². The summed E-state index contributed by atoms with van der Waals surface area (Å²) in [6, 6.07) is -3.29. The van der Waals surface area contributed by atoms with Gasteiger partial charge in [-0.1, -0.05) is 34.1 Å². The zero-order valence-corrected chi connectivity index (χ0v) is 17.4. The Morgan fingerprint density at radius 2 is 1.75 bits per heavy atom. The van der Waals surface area contributed by atoms with E-state index in [9.17, 15) is 24.3 Å². The summed E-state index contributed by atoms with van der Waals surface area (Å²) in [5, 5.41) is 14.2. The minimum Gasteiger partial charge on any atom is -0.480 e. The van der Waals surface area contributed by atoms with Crippen LogP contribution in [0.1, 0.15) is 53.9 Å². The van der Waals surface area contributed by atoms with Crippen molar-refractivity contribution >= 4 is 23.7 Å². The minimum absolute atomic E-state index is 0.00509. The number of rotatable bonds is 9. The second kappa shape index (κ2) is 10.4. The summed E-state index contributed by atoms with van der Waals surface area (Å²) < 4.78 is 0. The van der Waals surface area contributed by atoms with E-state index in [1.807, 2.05) is 13.8 Å². The molecule has 0 aromatic rings. The van der Waals surface area contributed by atoms with Gasteiger partial charge in [-0.2, -0.15) is 0 Å². The zero-order valence-electron chi connectivity index (χ0n) is 17.4. The summed E-state index contributed by atoms with van der Waals surface area (Å²) in [4.78, 5) is 50.3. The molecule has 0 saturated carbocycles. The van der Waals surface area contributed by atoms with E-state index >= 15 is 0 Å². The molecule has 1 aliphatic heterocycles. The van der Waals surface area contributed by atoms with Crippen molar-refractivity contribution in [2.75, 3.05) is 6.54 Å². The molecular formula is C19H34N4O5. The normalized spacial score (nSPS) is 21.0. The summed E-state index contributed by atoms with van der Waals surface area (Å²) in [6.45, 7) is 9.16. The maximum Gasteiger partial charge on any atom is 0.326 e. The number of hydrogen-bond donors (Lipinski definition) is 4. The van der Waals surface area contributed by atoms with Crippen molar-refractivity contribution in [3.05, 3.63) is 0 Å². The van der Waals surface area contributed by atoms with Crippen molar-refractivity contribution in [1.82, 2.24) is 15.5 Å². The molecule has 5 unspecified atom stereocenters. The third-order valence-corrected chi connectivity index (χ3v) is 5.36. The minimum atomic E-state index is -1.13. The van der Waals surface area contributed by atoms with Crippen LogP contribution in [-0.4, -0.2) is 64.4 Å². The second-order valence-corrected chi connectivity index (χ2v) is 7.90. The summed E-state index contributed by atoms with van der Waals surface area (Å²) in [7, 11) is 0. The van der Waals surface area contributed by atoms with Crippen LogP contribution in [0.15, 0.2) is 0 Å². The lowest BCUT2D eigenvalue weighted by Gasteiger charge is -2.29. The zero-order chi connectivity index (χ0) is 21.6. The fourth-order valence-electron chi connectivity index (χ4n) is 3.16. The van der Waals surface area contributed by atoms with Gasteiger partial charge < -0.3 is 26.4 Å². The van der Waals surface area contributed by atoms with Crippen molar-refractivity contribution < 1.29 is 24.3 Å². The summed E-state index contributed by atoms with van der Waals surface area (Å²) in [6.07, 6.45) is 1.95. The van der Waals surface area contributed by atoms with Crippen LogP contribution in [0.3, 0.4) is 0 Å². The first-order valence-electron chi connectivity index (χ1n) is 9.90. The molecule has 0 aliphatic carbocycles. The van der Waals surface area contributed by atoms with Crippen LogP contribution in [0, 0.1) is 11.8 Å². The number of carbonyl (C=O) groups excluding carboxylic acids is 3. The van der Waals surface area contributed by atoms with Gasteiger partial charge >= 0.3 is 5.97 Å². The molecule has 160 valence electrons. The van der Waals surface area contributed by atoms with Crippen molar-refractivity contribution in [2.45, 2.75) is 78.0 Å². The summed E-state index contributed by atoms with van der Waals surface area (Å²) >= 11 is 0. The molecule has 28 heavy (non-hydrogen) atoms. The predicted octanol–water partition coefficient (Wildman–Crippen LogP) is 0.0809. The SMILES string of the molecule is CCC(C)C(N)C(=O)N1CCCC1C(=O)NC(C)C(=O)NC(C(=O)O)C(C)C. The molecule has 1 rings (SSSR count). The standard InChI is InChI=1S/C19H34N4O5/c1-6-11(4)14(20)18(26)23-9-7-8-13(23)17(25)21-12(5)16(24)22-15(10(2)3)19(27)28/h10-15H,6-9,20H2,1-5H3,(H,21,25)(H,22,24)(H,27,28). The molecule has 0 radical (unpaired) electrons. The molecule has 9 heteroatoms. The first kappa shape index (κ1) is 23.9. The van der Waals surface area contributed by atoms with Gasteiger partial charge in [0.25, 0.3) is 0 Å². The largest absolute Gasteiger partial charge is 0.480 e.